The highest BCUT2D eigenvalue weighted by molar-refractivity contribution is 6.30. The summed E-state index contributed by atoms with van der Waals surface area (Å²) in [5.41, 5.74) is 1.61. The Labute approximate surface area is 231 Å². The number of carbonyl (C=O) groups is 1. The molecule has 1 fully saturated rings. The first-order valence-corrected chi connectivity index (χ1v) is 13.0. The van der Waals surface area contributed by atoms with Gasteiger partial charge in [-0.1, -0.05) is 80.5 Å². The molecule has 37 heavy (non-hydrogen) atoms. The van der Waals surface area contributed by atoms with Crippen molar-refractivity contribution in [1.82, 2.24) is 4.90 Å². The van der Waals surface area contributed by atoms with Crippen LogP contribution in [0.1, 0.15) is 56.2 Å². The van der Waals surface area contributed by atoms with Crippen LogP contribution in [0.4, 0.5) is 0 Å². The average Bonchev–Trinajstić information content (AvgIpc) is 2.88. The van der Waals surface area contributed by atoms with Gasteiger partial charge in [-0.15, -0.1) is 6.58 Å². The van der Waals surface area contributed by atoms with Gasteiger partial charge < -0.3 is 14.4 Å². The normalized spacial score (nSPS) is 22.0. The average molecular weight is 543 g/mol. The standard InChI is InChI=1S/C27H31Cl2NO2.C4H6O/c1-5-15-27(3)18-24(20-8-7-9-22(29)17-20)25(19-10-12-21(28)13-11-19)30(26(27)31)23(6-2)14-16-32-4;1-3-5-4-2/h5,7-14,16-17,23-25H,1,6,15,18H2,2-4H3;3-4H,1-2H2/b16-14+;/t23-,24+,25+,27-;/m0./s1. The van der Waals surface area contributed by atoms with E-state index in [0.717, 1.165) is 17.5 Å². The van der Waals surface area contributed by atoms with E-state index in [9.17, 15) is 4.79 Å². The first kappa shape index (κ1) is 30.3. The summed E-state index contributed by atoms with van der Waals surface area (Å²) in [4.78, 5) is 16.1. The Morgan fingerprint density at radius 1 is 1.08 bits per heavy atom. The van der Waals surface area contributed by atoms with E-state index in [1.807, 2.05) is 66.4 Å². The number of likely N-dealkylation sites (tertiary alicyclic amines) is 1. The van der Waals surface area contributed by atoms with Gasteiger partial charge in [-0.25, -0.2) is 0 Å². The number of halogens is 2. The molecule has 198 valence electrons. The van der Waals surface area contributed by atoms with Crippen LogP contribution in [0.25, 0.3) is 0 Å². The fourth-order valence-corrected chi connectivity index (χ4v) is 5.24. The van der Waals surface area contributed by atoms with Gasteiger partial charge in [-0.2, -0.15) is 0 Å². The third kappa shape index (κ3) is 7.77. The Kier molecular flexibility index (Phi) is 12.0. The van der Waals surface area contributed by atoms with Gasteiger partial charge in [0.15, 0.2) is 0 Å². The summed E-state index contributed by atoms with van der Waals surface area (Å²) < 4.78 is 9.58. The number of nitrogens with zero attached hydrogens (tertiary/aromatic N) is 1. The fourth-order valence-electron chi connectivity index (χ4n) is 4.92. The summed E-state index contributed by atoms with van der Waals surface area (Å²) in [5.74, 6) is 0.186. The van der Waals surface area contributed by atoms with E-state index >= 15 is 0 Å². The zero-order valence-corrected chi connectivity index (χ0v) is 23.4. The van der Waals surface area contributed by atoms with Crippen LogP contribution in [0, 0.1) is 5.41 Å². The topological polar surface area (TPSA) is 38.8 Å². The molecule has 0 N–H and O–H groups in total. The van der Waals surface area contributed by atoms with E-state index in [1.54, 1.807) is 13.4 Å². The fraction of sp³-hybridized carbons (Fsp3) is 0.323. The van der Waals surface area contributed by atoms with E-state index in [0.29, 0.717) is 22.9 Å². The lowest BCUT2D eigenvalue weighted by Crippen LogP contribution is -2.55. The van der Waals surface area contributed by atoms with Gasteiger partial charge in [0.25, 0.3) is 0 Å². The second-order valence-corrected chi connectivity index (χ2v) is 10.0. The molecule has 1 aliphatic heterocycles. The molecule has 0 saturated carbocycles. The van der Waals surface area contributed by atoms with Gasteiger partial charge in [0.05, 0.1) is 43.4 Å². The van der Waals surface area contributed by atoms with Crippen LogP contribution in [0.15, 0.2) is 99.2 Å². The molecule has 2 aromatic carbocycles. The largest absolute Gasteiger partial charge is 0.505 e. The molecule has 0 aromatic heterocycles. The molecule has 2 aromatic rings. The molecule has 0 radical (unpaired) electrons. The van der Waals surface area contributed by atoms with Crippen LogP contribution in [0.5, 0.6) is 0 Å². The van der Waals surface area contributed by atoms with E-state index in [4.69, 9.17) is 27.9 Å². The molecule has 6 heteroatoms. The Morgan fingerprint density at radius 2 is 1.76 bits per heavy atom. The van der Waals surface area contributed by atoms with Gasteiger partial charge in [-0.05, 0) is 60.7 Å². The van der Waals surface area contributed by atoms with Crippen molar-refractivity contribution >= 4 is 29.1 Å². The zero-order valence-electron chi connectivity index (χ0n) is 21.9. The van der Waals surface area contributed by atoms with Crippen molar-refractivity contribution in [2.45, 2.75) is 51.1 Å². The van der Waals surface area contributed by atoms with Gasteiger partial charge in [-0.3, -0.25) is 4.79 Å². The number of amides is 1. The highest BCUT2D eigenvalue weighted by Crippen LogP contribution is 2.52. The molecule has 4 nitrogen and oxygen atoms in total. The number of rotatable bonds is 10. The summed E-state index contributed by atoms with van der Waals surface area (Å²) in [6, 6.07) is 15.5. The van der Waals surface area contributed by atoms with Crippen LogP contribution in [0.2, 0.25) is 10.0 Å². The maximum Gasteiger partial charge on any atom is 0.229 e. The number of methoxy groups -OCH3 is 1. The number of ether oxygens (including phenoxy) is 2. The second kappa shape index (κ2) is 14.7. The minimum atomic E-state index is -0.564. The van der Waals surface area contributed by atoms with Crippen molar-refractivity contribution < 1.29 is 14.3 Å². The molecule has 1 saturated heterocycles. The molecule has 1 heterocycles. The van der Waals surface area contributed by atoms with Crippen molar-refractivity contribution in [3.05, 3.63) is 120 Å². The third-order valence-electron chi connectivity index (χ3n) is 6.59. The lowest BCUT2D eigenvalue weighted by Gasteiger charge is -2.51. The Balaban J connectivity index is 0.000000877. The van der Waals surface area contributed by atoms with Crippen LogP contribution in [-0.2, 0) is 14.3 Å². The highest BCUT2D eigenvalue weighted by Gasteiger charge is 2.50. The Bertz CT molecular complexity index is 1080. The number of hydrogen-bond donors (Lipinski definition) is 0. The maximum absolute atomic E-state index is 14.0. The van der Waals surface area contributed by atoms with Crippen LogP contribution in [-0.4, -0.2) is 24.0 Å². The predicted molar refractivity (Wildman–Crippen MR) is 154 cm³/mol. The van der Waals surface area contributed by atoms with Crippen LogP contribution < -0.4 is 0 Å². The molecule has 0 bridgehead atoms. The number of carbonyl (C=O) groups excluding carboxylic acids is 1. The Hall–Kier alpha value is -2.95. The summed E-state index contributed by atoms with van der Waals surface area (Å²) in [7, 11) is 1.62. The SMILES string of the molecule is C=CC[C@@]1(C)C[C@H](c2cccc(Cl)c2)[C@@H](c2ccc(Cl)cc2)N([C@H](/C=C/OC)CC)C1=O.C=COC=C. The van der Waals surface area contributed by atoms with E-state index < -0.39 is 5.41 Å². The first-order chi connectivity index (χ1) is 17.8. The molecule has 0 aliphatic carbocycles. The van der Waals surface area contributed by atoms with Gasteiger partial charge in [0, 0.05) is 16.0 Å². The minimum Gasteiger partial charge on any atom is -0.505 e. The van der Waals surface area contributed by atoms with Gasteiger partial charge in [0.1, 0.15) is 0 Å². The molecular formula is C31H37Cl2NO3. The smallest absolute Gasteiger partial charge is 0.229 e. The number of allylic oxidation sites excluding steroid dienone is 1. The van der Waals surface area contributed by atoms with Crippen molar-refractivity contribution in [2.24, 2.45) is 5.41 Å². The lowest BCUT2D eigenvalue weighted by atomic mass is 9.67. The van der Waals surface area contributed by atoms with Crippen molar-refractivity contribution in [1.29, 1.82) is 0 Å². The maximum atomic E-state index is 14.0. The summed E-state index contributed by atoms with van der Waals surface area (Å²) in [5, 5.41) is 1.36. The Morgan fingerprint density at radius 3 is 2.27 bits per heavy atom. The van der Waals surface area contributed by atoms with E-state index in [2.05, 4.69) is 37.5 Å². The quantitative estimate of drug-likeness (QED) is 0.222. The summed E-state index contributed by atoms with van der Waals surface area (Å²) in [6.07, 6.45) is 10.2. The predicted octanol–water partition coefficient (Wildman–Crippen LogP) is 8.86. The van der Waals surface area contributed by atoms with Crippen molar-refractivity contribution in [2.75, 3.05) is 7.11 Å². The van der Waals surface area contributed by atoms with Crippen LogP contribution >= 0.6 is 23.2 Å². The first-order valence-electron chi connectivity index (χ1n) is 12.3. The third-order valence-corrected chi connectivity index (χ3v) is 7.08. The van der Waals surface area contributed by atoms with Crippen molar-refractivity contribution in [3.8, 4) is 0 Å². The highest BCUT2D eigenvalue weighted by atomic mass is 35.5. The molecule has 1 aliphatic rings. The van der Waals surface area contributed by atoms with Crippen LogP contribution in [0.3, 0.4) is 0 Å². The second-order valence-electron chi connectivity index (χ2n) is 9.14. The van der Waals surface area contributed by atoms with E-state index in [-0.39, 0.29) is 23.9 Å². The van der Waals surface area contributed by atoms with Gasteiger partial charge in [0.2, 0.25) is 5.91 Å². The summed E-state index contributed by atoms with van der Waals surface area (Å²) in [6.45, 7) is 14.6. The summed E-state index contributed by atoms with van der Waals surface area (Å²) >= 11 is 12.6. The number of benzene rings is 2. The zero-order chi connectivity index (χ0) is 27.4. The number of hydrogen-bond acceptors (Lipinski definition) is 3. The molecule has 3 rings (SSSR count). The molecule has 0 unspecified atom stereocenters. The molecule has 4 atom stereocenters. The molecule has 1 amide bonds. The monoisotopic (exact) mass is 541 g/mol. The van der Waals surface area contributed by atoms with E-state index in [1.165, 1.54) is 12.5 Å². The van der Waals surface area contributed by atoms with Gasteiger partial charge >= 0.3 is 0 Å². The number of piperidine rings is 1. The lowest BCUT2D eigenvalue weighted by molar-refractivity contribution is -0.153. The van der Waals surface area contributed by atoms with Crippen molar-refractivity contribution in [3.63, 3.8) is 0 Å². The molecular weight excluding hydrogens is 505 g/mol. The molecule has 0 spiro atoms. The minimum absolute atomic E-state index is 0.0579.